The number of hydrogen-bond acceptors (Lipinski definition) is 4. The number of rotatable bonds is 6. The maximum Gasteiger partial charge on any atom is 0.208 e. The Balaban J connectivity index is 2.06. The van der Waals surface area contributed by atoms with Crippen molar-refractivity contribution in [2.45, 2.75) is 19.9 Å². The van der Waals surface area contributed by atoms with Gasteiger partial charge in [-0.1, -0.05) is 0 Å². The SMILES string of the molecule is CSCCCNCc1ncc(C)o1. The molecule has 0 aromatic carbocycles. The summed E-state index contributed by atoms with van der Waals surface area (Å²) in [5, 5.41) is 3.28. The highest BCUT2D eigenvalue weighted by molar-refractivity contribution is 7.98. The van der Waals surface area contributed by atoms with Gasteiger partial charge in [-0.25, -0.2) is 4.98 Å². The van der Waals surface area contributed by atoms with Crippen LogP contribution in [0.15, 0.2) is 10.6 Å². The minimum atomic E-state index is 0.738. The molecule has 0 spiro atoms. The standard InChI is InChI=1S/C9H16N2OS/c1-8-6-11-9(12-8)7-10-4-3-5-13-2/h6,10H,3-5,7H2,1-2H3. The van der Waals surface area contributed by atoms with Crippen LogP contribution in [-0.4, -0.2) is 23.5 Å². The minimum Gasteiger partial charge on any atom is -0.445 e. The van der Waals surface area contributed by atoms with Crippen molar-refractivity contribution in [3.05, 3.63) is 17.8 Å². The fourth-order valence-electron chi connectivity index (χ4n) is 1.02. The molecule has 0 radical (unpaired) electrons. The largest absolute Gasteiger partial charge is 0.445 e. The first-order valence-corrected chi connectivity index (χ1v) is 5.83. The lowest BCUT2D eigenvalue weighted by Crippen LogP contribution is -2.15. The van der Waals surface area contributed by atoms with Crippen LogP contribution in [0.2, 0.25) is 0 Å². The van der Waals surface area contributed by atoms with E-state index in [2.05, 4.69) is 16.6 Å². The van der Waals surface area contributed by atoms with Crippen molar-refractivity contribution in [3.8, 4) is 0 Å². The van der Waals surface area contributed by atoms with E-state index in [1.807, 2.05) is 18.7 Å². The van der Waals surface area contributed by atoms with E-state index in [-0.39, 0.29) is 0 Å². The topological polar surface area (TPSA) is 38.1 Å². The molecular formula is C9H16N2OS. The zero-order valence-corrected chi connectivity index (χ0v) is 8.99. The fourth-order valence-corrected chi connectivity index (χ4v) is 1.45. The normalized spacial score (nSPS) is 10.6. The van der Waals surface area contributed by atoms with Crippen LogP contribution >= 0.6 is 11.8 Å². The predicted octanol–water partition coefficient (Wildman–Crippen LogP) is 1.83. The predicted molar refractivity (Wildman–Crippen MR) is 55.9 cm³/mol. The van der Waals surface area contributed by atoms with Crippen LogP contribution in [-0.2, 0) is 6.54 Å². The molecule has 0 fully saturated rings. The molecule has 0 atom stereocenters. The average molecular weight is 200 g/mol. The second-order valence-electron chi connectivity index (χ2n) is 2.89. The number of nitrogens with one attached hydrogen (secondary N) is 1. The first kappa shape index (κ1) is 10.6. The molecule has 0 aliphatic rings. The van der Waals surface area contributed by atoms with Crippen molar-refractivity contribution in [2.75, 3.05) is 18.6 Å². The van der Waals surface area contributed by atoms with Gasteiger partial charge in [0.05, 0.1) is 12.7 Å². The molecule has 0 amide bonds. The van der Waals surface area contributed by atoms with Crippen LogP contribution in [0.4, 0.5) is 0 Å². The number of oxazole rings is 1. The molecule has 0 bridgehead atoms. The second-order valence-corrected chi connectivity index (χ2v) is 3.87. The molecule has 1 rings (SSSR count). The Kier molecular flexibility index (Phi) is 4.93. The molecule has 0 saturated carbocycles. The van der Waals surface area contributed by atoms with E-state index in [0.717, 1.165) is 24.7 Å². The van der Waals surface area contributed by atoms with E-state index in [1.54, 1.807) is 6.20 Å². The summed E-state index contributed by atoms with van der Waals surface area (Å²) in [6, 6.07) is 0. The smallest absolute Gasteiger partial charge is 0.208 e. The van der Waals surface area contributed by atoms with Crippen LogP contribution in [0.3, 0.4) is 0 Å². The van der Waals surface area contributed by atoms with Crippen LogP contribution in [0.1, 0.15) is 18.1 Å². The molecule has 0 aliphatic heterocycles. The Morgan fingerprint density at radius 3 is 3.08 bits per heavy atom. The first-order valence-electron chi connectivity index (χ1n) is 4.44. The van der Waals surface area contributed by atoms with E-state index in [1.165, 1.54) is 12.2 Å². The molecular weight excluding hydrogens is 184 g/mol. The van der Waals surface area contributed by atoms with Gasteiger partial charge >= 0.3 is 0 Å². The number of thioether (sulfide) groups is 1. The number of aryl methyl sites for hydroxylation is 1. The van der Waals surface area contributed by atoms with Crippen molar-refractivity contribution in [1.29, 1.82) is 0 Å². The summed E-state index contributed by atoms with van der Waals surface area (Å²) in [6.07, 6.45) is 5.07. The maximum atomic E-state index is 5.31. The van der Waals surface area contributed by atoms with E-state index in [0.29, 0.717) is 0 Å². The third-order valence-electron chi connectivity index (χ3n) is 1.65. The summed E-state index contributed by atoms with van der Waals surface area (Å²) in [5.41, 5.74) is 0. The van der Waals surface area contributed by atoms with Crippen molar-refractivity contribution < 1.29 is 4.42 Å². The van der Waals surface area contributed by atoms with Gasteiger partial charge in [0.25, 0.3) is 0 Å². The van der Waals surface area contributed by atoms with Gasteiger partial charge in [-0.3, -0.25) is 0 Å². The quantitative estimate of drug-likeness (QED) is 0.711. The van der Waals surface area contributed by atoms with Gasteiger partial charge in [0.15, 0.2) is 0 Å². The number of nitrogens with zero attached hydrogens (tertiary/aromatic N) is 1. The van der Waals surface area contributed by atoms with Crippen LogP contribution < -0.4 is 5.32 Å². The Morgan fingerprint density at radius 1 is 1.62 bits per heavy atom. The highest BCUT2D eigenvalue weighted by Gasteiger charge is 1.98. The van der Waals surface area contributed by atoms with Crippen LogP contribution in [0.25, 0.3) is 0 Å². The van der Waals surface area contributed by atoms with E-state index in [9.17, 15) is 0 Å². The summed E-state index contributed by atoms with van der Waals surface area (Å²) in [7, 11) is 0. The number of hydrogen-bond donors (Lipinski definition) is 1. The van der Waals surface area contributed by atoms with Crippen molar-refractivity contribution >= 4 is 11.8 Å². The lowest BCUT2D eigenvalue weighted by Gasteiger charge is -1.99. The lowest BCUT2D eigenvalue weighted by molar-refractivity contribution is 0.450. The Morgan fingerprint density at radius 2 is 2.46 bits per heavy atom. The number of aromatic nitrogens is 1. The van der Waals surface area contributed by atoms with Gasteiger partial charge in [0.2, 0.25) is 5.89 Å². The van der Waals surface area contributed by atoms with Crippen molar-refractivity contribution in [1.82, 2.24) is 10.3 Å². The van der Waals surface area contributed by atoms with Crippen LogP contribution in [0, 0.1) is 6.92 Å². The van der Waals surface area contributed by atoms with Gasteiger partial charge in [-0.05, 0) is 31.9 Å². The van der Waals surface area contributed by atoms with E-state index in [4.69, 9.17) is 4.42 Å². The summed E-state index contributed by atoms with van der Waals surface area (Å²) in [5.74, 6) is 2.86. The summed E-state index contributed by atoms with van der Waals surface area (Å²) >= 11 is 1.87. The Hall–Kier alpha value is -0.480. The third kappa shape index (κ3) is 4.33. The van der Waals surface area contributed by atoms with E-state index >= 15 is 0 Å². The molecule has 1 N–H and O–H groups in total. The average Bonchev–Trinajstić information content (AvgIpc) is 2.51. The van der Waals surface area contributed by atoms with Crippen molar-refractivity contribution in [3.63, 3.8) is 0 Å². The van der Waals surface area contributed by atoms with Crippen molar-refractivity contribution in [2.24, 2.45) is 0 Å². The highest BCUT2D eigenvalue weighted by atomic mass is 32.2. The van der Waals surface area contributed by atoms with Gasteiger partial charge in [0.1, 0.15) is 5.76 Å². The molecule has 1 heterocycles. The molecule has 1 aromatic rings. The first-order chi connectivity index (χ1) is 6.33. The molecule has 1 aromatic heterocycles. The second kappa shape index (κ2) is 6.05. The lowest BCUT2D eigenvalue weighted by atomic mass is 10.5. The minimum absolute atomic E-state index is 0.738. The van der Waals surface area contributed by atoms with Gasteiger partial charge in [-0.2, -0.15) is 11.8 Å². The zero-order chi connectivity index (χ0) is 9.52. The monoisotopic (exact) mass is 200 g/mol. The molecule has 74 valence electrons. The third-order valence-corrected chi connectivity index (χ3v) is 2.34. The van der Waals surface area contributed by atoms with E-state index < -0.39 is 0 Å². The van der Waals surface area contributed by atoms with Gasteiger partial charge in [-0.15, -0.1) is 0 Å². The van der Waals surface area contributed by atoms with Gasteiger partial charge < -0.3 is 9.73 Å². The fraction of sp³-hybridized carbons (Fsp3) is 0.667. The zero-order valence-electron chi connectivity index (χ0n) is 8.17. The maximum absolute atomic E-state index is 5.31. The summed E-state index contributed by atoms with van der Waals surface area (Å²) in [4.78, 5) is 4.10. The highest BCUT2D eigenvalue weighted by Crippen LogP contribution is 2.00. The summed E-state index contributed by atoms with van der Waals surface area (Å²) < 4.78 is 5.31. The molecule has 0 saturated heterocycles. The summed E-state index contributed by atoms with van der Waals surface area (Å²) in [6.45, 7) is 3.68. The molecule has 13 heavy (non-hydrogen) atoms. The molecule has 0 aliphatic carbocycles. The Labute approximate surface area is 83.3 Å². The Bertz CT molecular complexity index is 237. The molecule has 4 heteroatoms. The van der Waals surface area contributed by atoms with Gasteiger partial charge in [0, 0.05) is 0 Å². The molecule has 3 nitrogen and oxygen atoms in total. The molecule has 0 unspecified atom stereocenters. The van der Waals surface area contributed by atoms with Crippen LogP contribution in [0.5, 0.6) is 0 Å².